The average Bonchev–Trinajstić information content (AvgIpc) is 3.09. The smallest absolute Gasteiger partial charge is 0.349 e. The molecule has 0 bridgehead atoms. The van der Waals surface area contributed by atoms with Crippen LogP contribution in [0.2, 0.25) is 5.02 Å². The second kappa shape index (κ2) is 6.45. The van der Waals surface area contributed by atoms with Gasteiger partial charge in [0.05, 0.1) is 10.6 Å². The number of carbonyl (C=O) groups excluding carboxylic acids is 1. The molecule has 0 unspecified atom stereocenters. The molecule has 26 heavy (non-hydrogen) atoms. The molecular formula is C18H10ClN3O4. The highest BCUT2D eigenvalue weighted by atomic mass is 35.5. The SMILES string of the molecule is O=C(Nc1nnc(-c2ccccc2Cl)o1)c1cc2ccccc2oc1=O. The van der Waals surface area contributed by atoms with Gasteiger partial charge in [0.2, 0.25) is 0 Å². The molecular weight excluding hydrogens is 358 g/mol. The van der Waals surface area contributed by atoms with E-state index in [9.17, 15) is 9.59 Å². The lowest BCUT2D eigenvalue weighted by Gasteiger charge is -2.01. The Morgan fingerprint density at radius 2 is 1.77 bits per heavy atom. The fourth-order valence-corrected chi connectivity index (χ4v) is 2.62. The number of halogens is 1. The summed E-state index contributed by atoms with van der Waals surface area (Å²) in [7, 11) is 0. The van der Waals surface area contributed by atoms with E-state index < -0.39 is 11.5 Å². The molecule has 0 fully saturated rings. The fourth-order valence-electron chi connectivity index (χ4n) is 2.40. The van der Waals surface area contributed by atoms with Crippen LogP contribution in [-0.4, -0.2) is 16.1 Å². The molecule has 1 N–H and O–H groups in total. The van der Waals surface area contributed by atoms with E-state index in [1.165, 1.54) is 6.07 Å². The highest BCUT2D eigenvalue weighted by molar-refractivity contribution is 6.33. The van der Waals surface area contributed by atoms with Crippen LogP contribution in [0.1, 0.15) is 10.4 Å². The van der Waals surface area contributed by atoms with Gasteiger partial charge in [-0.2, -0.15) is 0 Å². The molecule has 0 radical (unpaired) electrons. The van der Waals surface area contributed by atoms with E-state index in [-0.39, 0.29) is 17.5 Å². The van der Waals surface area contributed by atoms with Gasteiger partial charge in [-0.1, -0.05) is 47.0 Å². The molecule has 0 aliphatic heterocycles. The molecule has 0 aliphatic carbocycles. The second-order valence-electron chi connectivity index (χ2n) is 5.33. The Hall–Kier alpha value is -3.45. The highest BCUT2D eigenvalue weighted by Gasteiger charge is 2.18. The minimum absolute atomic E-state index is 0.149. The Morgan fingerprint density at radius 3 is 2.62 bits per heavy atom. The normalized spacial score (nSPS) is 10.8. The maximum absolute atomic E-state index is 12.4. The van der Waals surface area contributed by atoms with Gasteiger partial charge in [0, 0.05) is 5.39 Å². The maximum Gasteiger partial charge on any atom is 0.349 e. The van der Waals surface area contributed by atoms with Crippen LogP contribution in [0.3, 0.4) is 0 Å². The van der Waals surface area contributed by atoms with E-state index in [1.54, 1.807) is 48.5 Å². The summed E-state index contributed by atoms with van der Waals surface area (Å²) in [5.41, 5.74) is 0.00784. The Morgan fingerprint density at radius 1 is 1.00 bits per heavy atom. The van der Waals surface area contributed by atoms with Crippen molar-refractivity contribution in [2.75, 3.05) is 5.32 Å². The molecule has 0 saturated heterocycles. The van der Waals surface area contributed by atoms with Crippen LogP contribution < -0.4 is 10.9 Å². The predicted octanol–water partition coefficient (Wildman–Crippen LogP) is 3.75. The third-order valence-corrected chi connectivity index (χ3v) is 3.97. The summed E-state index contributed by atoms with van der Waals surface area (Å²) in [5.74, 6) is -0.560. The first kappa shape index (κ1) is 16.0. The van der Waals surface area contributed by atoms with Gasteiger partial charge < -0.3 is 8.83 Å². The maximum atomic E-state index is 12.4. The Bertz CT molecular complexity index is 1180. The molecule has 1 amide bonds. The van der Waals surface area contributed by atoms with Gasteiger partial charge in [0.15, 0.2) is 0 Å². The van der Waals surface area contributed by atoms with Crippen molar-refractivity contribution in [1.82, 2.24) is 10.2 Å². The summed E-state index contributed by atoms with van der Waals surface area (Å²) in [4.78, 5) is 24.4. The van der Waals surface area contributed by atoms with Crippen molar-refractivity contribution >= 4 is 34.5 Å². The lowest BCUT2D eigenvalue weighted by atomic mass is 10.2. The van der Waals surface area contributed by atoms with Crippen molar-refractivity contribution in [1.29, 1.82) is 0 Å². The van der Waals surface area contributed by atoms with Crippen LogP contribution in [-0.2, 0) is 0 Å². The molecule has 0 saturated carbocycles. The number of hydrogen-bond donors (Lipinski definition) is 1. The first-order valence-corrected chi connectivity index (χ1v) is 7.92. The van der Waals surface area contributed by atoms with Crippen LogP contribution in [0, 0.1) is 0 Å². The third-order valence-electron chi connectivity index (χ3n) is 3.64. The van der Waals surface area contributed by atoms with Crippen molar-refractivity contribution in [3.8, 4) is 11.5 Å². The molecule has 2 aromatic heterocycles. The summed E-state index contributed by atoms with van der Waals surface area (Å²) in [6, 6.07) is 15.1. The third kappa shape index (κ3) is 2.96. The van der Waals surface area contributed by atoms with Gasteiger partial charge in [0.25, 0.3) is 11.8 Å². The molecule has 4 rings (SSSR count). The zero-order chi connectivity index (χ0) is 18.1. The number of rotatable bonds is 3. The lowest BCUT2D eigenvalue weighted by molar-refractivity contribution is 0.102. The highest BCUT2D eigenvalue weighted by Crippen LogP contribution is 2.27. The fraction of sp³-hybridized carbons (Fsp3) is 0. The van der Waals surface area contributed by atoms with E-state index >= 15 is 0 Å². The number of anilines is 1. The number of nitrogens with one attached hydrogen (secondary N) is 1. The average molecular weight is 368 g/mol. The van der Waals surface area contributed by atoms with E-state index in [2.05, 4.69) is 15.5 Å². The van der Waals surface area contributed by atoms with Gasteiger partial charge in [-0.05, 0) is 24.3 Å². The van der Waals surface area contributed by atoms with Crippen LogP contribution in [0.25, 0.3) is 22.4 Å². The number of nitrogens with zero attached hydrogens (tertiary/aromatic N) is 2. The summed E-state index contributed by atoms with van der Waals surface area (Å²) in [6.45, 7) is 0. The van der Waals surface area contributed by atoms with Crippen LogP contribution in [0.5, 0.6) is 0 Å². The lowest BCUT2D eigenvalue weighted by Crippen LogP contribution is -2.20. The summed E-state index contributed by atoms with van der Waals surface area (Å²) in [6.07, 6.45) is 0. The zero-order valence-electron chi connectivity index (χ0n) is 13.1. The standard InChI is InChI=1S/C18H10ClN3O4/c19-13-7-3-2-6-11(13)16-21-22-18(26-16)20-15(23)12-9-10-5-1-4-8-14(10)25-17(12)24/h1-9H,(H,20,22,23). The van der Waals surface area contributed by atoms with Crippen molar-refractivity contribution in [3.05, 3.63) is 75.6 Å². The van der Waals surface area contributed by atoms with Crippen LogP contribution in [0.4, 0.5) is 6.01 Å². The van der Waals surface area contributed by atoms with Crippen molar-refractivity contribution in [2.24, 2.45) is 0 Å². The quantitative estimate of drug-likeness (QED) is 0.554. The van der Waals surface area contributed by atoms with E-state index in [1.807, 2.05) is 0 Å². The van der Waals surface area contributed by atoms with Crippen molar-refractivity contribution in [3.63, 3.8) is 0 Å². The Labute approximate surface area is 151 Å². The summed E-state index contributed by atoms with van der Waals surface area (Å²) in [5, 5.41) is 11.1. The summed E-state index contributed by atoms with van der Waals surface area (Å²) >= 11 is 6.08. The molecule has 2 aromatic carbocycles. The first-order chi connectivity index (χ1) is 12.6. The second-order valence-corrected chi connectivity index (χ2v) is 5.74. The first-order valence-electron chi connectivity index (χ1n) is 7.54. The Kier molecular flexibility index (Phi) is 3.98. The zero-order valence-corrected chi connectivity index (χ0v) is 13.9. The van der Waals surface area contributed by atoms with E-state index in [0.717, 1.165) is 0 Å². The number of benzene rings is 2. The molecule has 4 aromatic rings. The topological polar surface area (TPSA) is 98.2 Å². The number of fused-ring (bicyclic) bond motifs is 1. The minimum atomic E-state index is -0.757. The molecule has 0 spiro atoms. The Balaban J connectivity index is 1.62. The largest absolute Gasteiger partial charge is 0.422 e. The monoisotopic (exact) mass is 367 g/mol. The van der Waals surface area contributed by atoms with E-state index in [4.69, 9.17) is 20.4 Å². The number of amides is 1. The predicted molar refractivity (Wildman–Crippen MR) is 95.2 cm³/mol. The number of hydrogen-bond acceptors (Lipinski definition) is 6. The van der Waals surface area contributed by atoms with Gasteiger partial charge in [0.1, 0.15) is 11.1 Å². The number of carbonyl (C=O) groups is 1. The van der Waals surface area contributed by atoms with Gasteiger partial charge in [-0.25, -0.2) is 4.79 Å². The molecule has 0 atom stereocenters. The number of aromatic nitrogens is 2. The van der Waals surface area contributed by atoms with Gasteiger partial charge >= 0.3 is 11.6 Å². The molecule has 2 heterocycles. The van der Waals surface area contributed by atoms with Crippen LogP contribution >= 0.6 is 11.6 Å². The molecule has 128 valence electrons. The number of para-hydroxylation sites is 1. The van der Waals surface area contributed by atoms with Crippen molar-refractivity contribution < 1.29 is 13.6 Å². The van der Waals surface area contributed by atoms with E-state index in [0.29, 0.717) is 21.6 Å². The van der Waals surface area contributed by atoms with Gasteiger partial charge in [-0.3, -0.25) is 10.1 Å². The van der Waals surface area contributed by atoms with Gasteiger partial charge in [-0.15, -0.1) is 5.10 Å². The van der Waals surface area contributed by atoms with Crippen molar-refractivity contribution in [2.45, 2.75) is 0 Å². The van der Waals surface area contributed by atoms with Crippen LogP contribution in [0.15, 0.2) is 68.2 Å². The summed E-state index contributed by atoms with van der Waals surface area (Å²) < 4.78 is 10.5. The molecule has 7 nitrogen and oxygen atoms in total. The molecule has 8 heteroatoms. The molecule has 0 aliphatic rings. The minimum Gasteiger partial charge on any atom is -0.422 e.